The smallest absolute Gasteiger partial charge is 0.408 e. The third kappa shape index (κ3) is 21.6. The highest BCUT2D eigenvalue weighted by Crippen LogP contribution is 2.07. The topological polar surface area (TPSA) is 230 Å². The van der Waals surface area contributed by atoms with Gasteiger partial charge in [-0.1, -0.05) is 121 Å². The van der Waals surface area contributed by atoms with Crippen molar-refractivity contribution in [3.8, 4) is 0 Å². The van der Waals surface area contributed by atoms with Gasteiger partial charge in [-0.25, -0.2) is 19.2 Å². The molecule has 0 saturated heterocycles. The molecule has 0 spiro atoms. The van der Waals surface area contributed by atoms with Crippen LogP contribution < -0.4 is 31.9 Å². The normalized spacial score (nSPS) is 11.4. The molecule has 0 fully saturated rings. The average Bonchev–Trinajstić information content (AvgIpc) is 3.31. The van der Waals surface area contributed by atoms with Crippen molar-refractivity contribution in [3.63, 3.8) is 0 Å². The van der Waals surface area contributed by atoms with Gasteiger partial charge < -0.3 is 60.3 Å². The SMILES string of the molecule is O=C(NCCNC(=O)C(Cc1ccccc1)NC(=O)OCc1ccccc1)OCCOCCOCCOC(=O)NCCNC(=O)C(Cc1ccccc1)NC(=O)OCc1ccccc1. The van der Waals surface area contributed by atoms with Crippen molar-refractivity contribution in [2.45, 2.75) is 38.1 Å². The van der Waals surface area contributed by atoms with E-state index in [1.807, 2.05) is 121 Å². The minimum Gasteiger partial charge on any atom is -0.447 e. The van der Waals surface area contributed by atoms with Crippen LogP contribution in [0.4, 0.5) is 19.2 Å². The summed E-state index contributed by atoms with van der Waals surface area (Å²) in [7, 11) is 0. The van der Waals surface area contributed by atoms with E-state index in [1.165, 1.54) is 0 Å². The Balaban J connectivity index is 0.981. The monoisotopic (exact) mass is 884 g/mol. The Morgan fingerprint density at radius 2 is 0.672 bits per heavy atom. The number of ether oxygens (including phenoxy) is 6. The molecule has 0 saturated carbocycles. The molecule has 6 amide bonds. The summed E-state index contributed by atoms with van der Waals surface area (Å²) in [6.45, 7) is 1.00. The van der Waals surface area contributed by atoms with Crippen LogP contribution in [-0.4, -0.2) is 114 Å². The third-order valence-corrected chi connectivity index (χ3v) is 8.89. The van der Waals surface area contributed by atoms with Crippen molar-refractivity contribution in [2.75, 3.05) is 65.8 Å². The summed E-state index contributed by atoms with van der Waals surface area (Å²) in [6, 6.07) is 35.0. The average molecular weight is 885 g/mol. The van der Waals surface area contributed by atoms with Crippen molar-refractivity contribution in [1.29, 1.82) is 0 Å². The summed E-state index contributed by atoms with van der Waals surface area (Å²) in [5.74, 6) is -0.890. The lowest BCUT2D eigenvalue weighted by Gasteiger charge is -2.19. The van der Waals surface area contributed by atoms with Gasteiger partial charge in [0.25, 0.3) is 0 Å². The van der Waals surface area contributed by atoms with Crippen LogP contribution in [0.5, 0.6) is 0 Å². The van der Waals surface area contributed by atoms with Crippen LogP contribution in [0.25, 0.3) is 0 Å². The fourth-order valence-corrected chi connectivity index (χ4v) is 5.69. The first-order valence-electron chi connectivity index (χ1n) is 20.8. The lowest BCUT2D eigenvalue weighted by atomic mass is 10.1. The van der Waals surface area contributed by atoms with Gasteiger partial charge in [-0.2, -0.15) is 0 Å². The van der Waals surface area contributed by atoms with Gasteiger partial charge in [0, 0.05) is 39.0 Å². The summed E-state index contributed by atoms with van der Waals surface area (Å²) < 4.78 is 31.5. The number of rotatable bonds is 27. The molecule has 18 heteroatoms. The molecule has 18 nitrogen and oxygen atoms in total. The first kappa shape index (κ1) is 49.5. The molecule has 0 bridgehead atoms. The fraction of sp³-hybridized carbons (Fsp3) is 0.348. The molecule has 4 rings (SSSR count). The van der Waals surface area contributed by atoms with Crippen molar-refractivity contribution in [2.24, 2.45) is 0 Å². The van der Waals surface area contributed by atoms with Gasteiger partial charge in [-0.15, -0.1) is 0 Å². The first-order chi connectivity index (χ1) is 31.2. The van der Waals surface area contributed by atoms with Crippen molar-refractivity contribution in [3.05, 3.63) is 144 Å². The molecule has 2 atom stereocenters. The van der Waals surface area contributed by atoms with Crippen molar-refractivity contribution in [1.82, 2.24) is 31.9 Å². The predicted molar refractivity (Wildman–Crippen MR) is 234 cm³/mol. The van der Waals surface area contributed by atoms with Crippen molar-refractivity contribution < 1.29 is 57.2 Å². The minimum atomic E-state index is -0.912. The molecular formula is C46H56N6O12. The number of nitrogens with one attached hydrogen (secondary N) is 6. The van der Waals surface area contributed by atoms with E-state index < -0.39 is 48.3 Å². The van der Waals surface area contributed by atoms with E-state index in [4.69, 9.17) is 28.4 Å². The third-order valence-electron chi connectivity index (χ3n) is 8.89. The van der Waals surface area contributed by atoms with E-state index in [9.17, 15) is 28.8 Å². The molecule has 0 aliphatic heterocycles. The van der Waals surface area contributed by atoms with Crippen LogP contribution in [0.3, 0.4) is 0 Å². The Labute approximate surface area is 372 Å². The molecule has 0 aliphatic carbocycles. The highest BCUT2D eigenvalue weighted by Gasteiger charge is 2.23. The Bertz CT molecular complexity index is 1840. The maximum Gasteiger partial charge on any atom is 0.408 e. The highest BCUT2D eigenvalue weighted by atomic mass is 16.6. The maximum atomic E-state index is 13.0. The Hall–Kier alpha value is -7.18. The van der Waals surface area contributed by atoms with Gasteiger partial charge in [-0.3, -0.25) is 9.59 Å². The molecule has 64 heavy (non-hydrogen) atoms. The Kier molecular flexibility index (Phi) is 23.2. The zero-order valence-corrected chi connectivity index (χ0v) is 35.5. The number of hydrogen-bond donors (Lipinski definition) is 6. The second kappa shape index (κ2) is 30.0. The van der Waals surface area contributed by atoms with Gasteiger partial charge in [0.2, 0.25) is 11.8 Å². The van der Waals surface area contributed by atoms with Crippen LogP contribution in [0.2, 0.25) is 0 Å². The molecule has 4 aromatic carbocycles. The molecule has 2 unspecified atom stereocenters. The Morgan fingerprint density at radius 1 is 0.359 bits per heavy atom. The summed E-state index contributed by atoms with van der Waals surface area (Å²) >= 11 is 0. The van der Waals surface area contributed by atoms with Gasteiger partial charge in [-0.05, 0) is 22.3 Å². The zero-order valence-electron chi connectivity index (χ0n) is 35.5. The molecule has 0 radical (unpaired) electrons. The van der Waals surface area contributed by atoms with E-state index in [2.05, 4.69) is 31.9 Å². The lowest BCUT2D eigenvalue weighted by molar-refractivity contribution is -0.123. The second-order valence-electron chi connectivity index (χ2n) is 13.8. The molecule has 0 aliphatic rings. The summed E-state index contributed by atoms with van der Waals surface area (Å²) in [5, 5.41) is 15.7. The van der Waals surface area contributed by atoms with E-state index in [1.54, 1.807) is 0 Å². The minimum absolute atomic E-state index is 0.0262. The standard InChI is InChI=1S/C46H56N6O12/c53-41(39(31-35-13-5-1-6-14-35)51-45(57)63-33-37-17-9-3-10-18-37)47-21-23-49-43(55)61-29-27-59-25-26-60-28-30-62-44(56)50-24-22-48-42(54)40(32-36-15-7-2-8-16-36)52-46(58)64-34-38-19-11-4-12-20-38/h1-20,39-40H,21-34H2,(H,47,53)(H,48,54)(H,49,55)(H,50,56)(H,51,57)(H,52,58). The van der Waals surface area contributed by atoms with E-state index in [-0.39, 0.29) is 91.9 Å². The van der Waals surface area contributed by atoms with E-state index in [0.717, 1.165) is 22.3 Å². The van der Waals surface area contributed by atoms with E-state index in [0.29, 0.717) is 0 Å². The molecule has 0 aromatic heterocycles. The molecule has 342 valence electrons. The number of benzene rings is 4. The molecule has 4 aromatic rings. The number of hydrogen-bond acceptors (Lipinski definition) is 12. The van der Waals surface area contributed by atoms with Gasteiger partial charge in [0.15, 0.2) is 0 Å². The van der Waals surface area contributed by atoms with Crippen LogP contribution >= 0.6 is 0 Å². The van der Waals surface area contributed by atoms with Crippen LogP contribution in [-0.2, 0) is 64.1 Å². The fourth-order valence-electron chi connectivity index (χ4n) is 5.69. The van der Waals surface area contributed by atoms with Gasteiger partial charge in [0.1, 0.15) is 38.5 Å². The van der Waals surface area contributed by atoms with Crippen molar-refractivity contribution >= 4 is 36.2 Å². The maximum absolute atomic E-state index is 13.0. The summed E-state index contributed by atoms with van der Waals surface area (Å²) in [4.78, 5) is 75.1. The quantitative estimate of drug-likeness (QED) is 0.0372. The first-order valence-corrected chi connectivity index (χ1v) is 20.8. The number of amides is 6. The zero-order chi connectivity index (χ0) is 45.5. The summed E-state index contributed by atoms with van der Waals surface area (Å²) in [6.07, 6.45) is -2.39. The van der Waals surface area contributed by atoms with Crippen LogP contribution in [0.15, 0.2) is 121 Å². The summed E-state index contributed by atoms with van der Waals surface area (Å²) in [5.41, 5.74) is 3.30. The second-order valence-corrected chi connectivity index (χ2v) is 13.8. The van der Waals surface area contributed by atoms with E-state index >= 15 is 0 Å². The van der Waals surface area contributed by atoms with Crippen LogP contribution in [0.1, 0.15) is 22.3 Å². The van der Waals surface area contributed by atoms with Gasteiger partial charge >= 0.3 is 24.4 Å². The number of carbonyl (C=O) groups is 6. The molecular weight excluding hydrogens is 829 g/mol. The Morgan fingerprint density at radius 3 is 1.03 bits per heavy atom. The predicted octanol–water partition coefficient (Wildman–Crippen LogP) is 3.78. The molecule has 0 heterocycles. The molecule has 6 N–H and O–H groups in total. The lowest BCUT2D eigenvalue weighted by Crippen LogP contribution is -2.49. The highest BCUT2D eigenvalue weighted by molar-refractivity contribution is 5.86. The van der Waals surface area contributed by atoms with Gasteiger partial charge in [0.05, 0.1) is 26.4 Å². The number of alkyl carbamates (subject to hydrolysis) is 4. The van der Waals surface area contributed by atoms with Crippen LogP contribution in [0, 0.1) is 0 Å². The largest absolute Gasteiger partial charge is 0.447 e. The number of carbonyl (C=O) groups excluding carboxylic acids is 6.